The van der Waals surface area contributed by atoms with Crippen molar-refractivity contribution < 1.29 is 13.6 Å². The largest absolute Gasteiger partial charge is 0.467 e. The number of hydrogen-bond donors (Lipinski definition) is 1. The molecule has 1 atom stereocenters. The maximum atomic E-state index is 12.9. The van der Waals surface area contributed by atoms with Gasteiger partial charge < -0.3 is 9.73 Å². The SMILES string of the molecule is CC(c1ccc(F)cc1)N(C)CC(=O)NCc1ccco1. The van der Waals surface area contributed by atoms with Crippen molar-refractivity contribution in [2.75, 3.05) is 13.6 Å². The minimum atomic E-state index is -0.259. The van der Waals surface area contributed by atoms with Crippen LogP contribution in [0.3, 0.4) is 0 Å². The van der Waals surface area contributed by atoms with Gasteiger partial charge in [0.05, 0.1) is 19.4 Å². The van der Waals surface area contributed by atoms with Crippen LogP contribution in [0, 0.1) is 5.82 Å². The van der Waals surface area contributed by atoms with Gasteiger partial charge in [-0.1, -0.05) is 12.1 Å². The zero-order chi connectivity index (χ0) is 15.2. The van der Waals surface area contributed by atoms with Crippen molar-refractivity contribution in [3.63, 3.8) is 0 Å². The summed E-state index contributed by atoms with van der Waals surface area (Å²) in [7, 11) is 1.86. The molecule has 0 spiro atoms. The summed E-state index contributed by atoms with van der Waals surface area (Å²) in [5.74, 6) is 0.380. The summed E-state index contributed by atoms with van der Waals surface area (Å²) in [6.45, 7) is 2.62. The van der Waals surface area contributed by atoms with Gasteiger partial charge in [0.1, 0.15) is 11.6 Å². The molecule has 0 aliphatic carbocycles. The van der Waals surface area contributed by atoms with E-state index in [2.05, 4.69) is 5.32 Å². The van der Waals surface area contributed by atoms with Gasteiger partial charge in [-0.25, -0.2) is 4.39 Å². The Kier molecular flexibility index (Phi) is 5.11. The van der Waals surface area contributed by atoms with E-state index in [-0.39, 0.29) is 24.3 Å². The van der Waals surface area contributed by atoms with Gasteiger partial charge in [-0.05, 0) is 43.8 Å². The maximum absolute atomic E-state index is 12.9. The molecule has 1 aromatic heterocycles. The predicted molar refractivity (Wildman–Crippen MR) is 78.0 cm³/mol. The Morgan fingerprint density at radius 3 is 2.67 bits per heavy atom. The first kappa shape index (κ1) is 15.3. The van der Waals surface area contributed by atoms with Crippen LogP contribution in [0.4, 0.5) is 4.39 Å². The molecule has 0 radical (unpaired) electrons. The molecular formula is C16H19FN2O2. The van der Waals surface area contributed by atoms with Crippen LogP contribution in [0.25, 0.3) is 0 Å². The Bertz CT molecular complexity index is 566. The van der Waals surface area contributed by atoms with Crippen molar-refractivity contribution in [1.29, 1.82) is 0 Å². The van der Waals surface area contributed by atoms with Gasteiger partial charge in [-0.15, -0.1) is 0 Å². The Balaban J connectivity index is 1.83. The number of nitrogens with one attached hydrogen (secondary N) is 1. The zero-order valence-electron chi connectivity index (χ0n) is 12.2. The minimum Gasteiger partial charge on any atom is -0.467 e. The molecule has 1 unspecified atom stereocenters. The lowest BCUT2D eigenvalue weighted by Crippen LogP contribution is -2.36. The Hall–Kier alpha value is -2.14. The summed E-state index contributed by atoms with van der Waals surface area (Å²) in [5.41, 5.74) is 0.970. The number of benzene rings is 1. The fraction of sp³-hybridized carbons (Fsp3) is 0.312. The van der Waals surface area contributed by atoms with Crippen LogP contribution in [0.5, 0.6) is 0 Å². The minimum absolute atomic E-state index is 0.0277. The highest BCUT2D eigenvalue weighted by molar-refractivity contribution is 5.77. The standard InChI is InChI=1S/C16H19FN2O2/c1-12(13-5-7-14(17)8-6-13)19(2)11-16(20)18-10-15-4-3-9-21-15/h3-9,12H,10-11H2,1-2H3,(H,18,20). The molecule has 4 nitrogen and oxygen atoms in total. The van der Waals surface area contributed by atoms with E-state index in [0.29, 0.717) is 6.54 Å². The molecule has 0 aliphatic rings. The average Bonchev–Trinajstić information content (AvgIpc) is 2.98. The van der Waals surface area contributed by atoms with Gasteiger partial charge in [-0.3, -0.25) is 9.69 Å². The number of carbonyl (C=O) groups is 1. The molecule has 0 saturated heterocycles. The fourth-order valence-electron chi connectivity index (χ4n) is 2.01. The fourth-order valence-corrected chi connectivity index (χ4v) is 2.01. The lowest BCUT2D eigenvalue weighted by molar-refractivity contribution is -0.122. The molecule has 21 heavy (non-hydrogen) atoms. The molecular weight excluding hydrogens is 271 g/mol. The quantitative estimate of drug-likeness (QED) is 0.889. The normalized spacial score (nSPS) is 12.4. The molecule has 0 aliphatic heterocycles. The van der Waals surface area contributed by atoms with Crippen LogP contribution in [-0.4, -0.2) is 24.4 Å². The topological polar surface area (TPSA) is 45.5 Å². The summed E-state index contributed by atoms with van der Waals surface area (Å²) in [5, 5.41) is 2.80. The van der Waals surface area contributed by atoms with Crippen molar-refractivity contribution in [3.05, 3.63) is 59.8 Å². The number of halogens is 1. The van der Waals surface area contributed by atoms with E-state index in [0.717, 1.165) is 11.3 Å². The highest BCUT2D eigenvalue weighted by Crippen LogP contribution is 2.18. The van der Waals surface area contributed by atoms with Crippen LogP contribution in [0.2, 0.25) is 0 Å². The van der Waals surface area contributed by atoms with E-state index >= 15 is 0 Å². The number of likely N-dealkylation sites (N-methyl/N-ethyl adjacent to an activating group) is 1. The van der Waals surface area contributed by atoms with Crippen molar-refractivity contribution in [3.8, 4) is 0 Å². The summed E-state index contributed by atoms with van der Waals surface area (Å²) < 4.78 is 18.1. The molecule has 112 valence electrons. The molecule has 1 heterocycles. The highest BCUT2D eigenvalue weighted by Gasteiger charge is 2.15. The molecule has 1 amide bonds. The van der Waals surface area contributed by atoms with Crippen LogP contribution >= 0.6 is 0 Å². The third kappa shape index (κ3) is 4.43. The number of nitrogens with zero attached hydrogens (tertiary/aromatic N) is 1. The molecule has 2 rings (SSSR count). The van der Waals surface area contributed by atoms with E-state index in [1.807, 2.05) is 24.9 Å². The van der Waals surface area contributed by atoms with Crippen molar-refractivity contribution >= 4 is 5.91 Å². The van der Waals surface area contributed by atoms with Gasteiger partial charge >= 0.3 is 0 Å². The number of furan rings is 1. The lowest BCUT2D eigenvalue weighted by atomic mass is 10.1. The molecule has 2 aromatic rings. The molecule has 1 aromatic carbocycles. The van der Waals surface area contributed by atoms with Crippen LogP contribution < -0.4 is 5.32 Å². The van der Waals surface area contributed by atoms with E-state index in [4.69, 9.17) is 4.42 Å². The summed E-state index contributed by atoms with van der Waals surface area (Å²) in [4.78, 5) is 13.8. The summed E-state index contributed by atoms with van der Waals surface area (Å²) in [6, 6.07) is 9.94. The second-order valence-electron chi connectivity index (χ2n) is 5.00. The van der Waals surface area contributed by atoms with Gasteiger partial charge in [0.2, 0.25) is 5.91 Å². The summed E-state index contributed by atoms with van der Waals surface area (Å²) in [6.07, 6.45) is 1.57. The average molecular weight is 290 g/mol. The second kappa shape index (κ2) is 7.04. The summed E-state index contributed by atoms with van der Waals surface area (Å²) >= 11 is 0. The van der Waals surface area contributed by atoms with Crippen LogP contribution in [0.15, 0.2) is 47.1 Å². The Labute approximate surface area is 123 Å². The van der Waals surface area contributed by atoms with Crippen LogP contribution in [-0.2, 0) is 11.3 Å². The monoisotopic (exact) mass is 290 g/mol. The number of carbonyl (C=O) groups excluding carboxylic acids is 1. The van der Waals surface area contributed by atoms with Crippen molar-refractivity contribution in [2.24, 2.45) is 0 Å². The van der Waals surface area contributed by atoms with Gasteiger partial charge in [-0.2, -0.15) is 0 Å². The molecule has 0 bridgehead atoms. The number of hydrogen-bond acceptors (Lipinski definition) is 3. The van der Waals surface area contributed by atoms with Gasteiger partial charge in [0, 0.05) is 6.04 Å². The molecule has 5 heteroatoms. The van der Waals surface area contributed by atoms with Crippen LogP contribution in [0.1, 0.15) is 24.3 Å². The van der Waals surface area contributed by atoms with Gasteiger partial charge in [0.15, 0.2) is 0 Å². The molecule has 0 fully saturated rings. The third-order valence-corrected chi connectivity index (χ3v) is 3.45. The smallest absolute Gasteiger partial charge is 0.234 e. The maximum Gasteiger partial charge on any atom is 0.234 e. The Morgan fingerprint density at radius 1 is 1.33 bits per heavy atom. The van der Waals surface area contributed by atoms with Crippen molar-refractivity contribution in [1.82, 2.24) is 10.2 Å². The predicted octanol–water partition coefficient (Wildman–Crippen LogP) is 2.73. The van der Waals surface area contributed by atoms with Crippen molar-refractivity contribution in [2.45, 2.75) is 19.5 Å². The Morgan fingerprint density at radius 2 is 2.05 bits per heavy atom. The molecule has 1 N–H and O–H groups in total. The molecule has 0 saturated carbocycles. The first-order chi connectivity index (χ1) is 10.1. The first-order valence-electron chi connectivity index (χ1n) is 6.81. The van der Waals surface area contributed by atoms with E-state index in [1.165, 1.54) is 12.1 Å². The highest BCUT2D eigenvalue weighted by atomic mass is 19.1. The zero-order valence-corrected chi connectivity index (χ0v) is 12.2. The second-order valence-corrected chi connectivity index (χ2v) is 5.00. The van der Waals surface area contributed by atoms with E-state index < -0.39 is 0 Å². The first-order valence-corrected chi connectivity index (χ1v) is 6.81. The van der Waals surface area contributed by atoms with Gasteiger partial charge in [0.25, 0.3) is 0 Å². The third-order valence-electron chi connectivity index (χ3n) is 3.45. The number of amides is 1. The number of rotatable bonds is 6. The lowest BCUT2D eigenvalue weighted by Gasteiger charge is -2.24. The van der Waals surface area contributed by atoms with E-state index in [1.54, 1.807) is 24.5 Å². The van der Waals surface area contributed by atoms with E-state index in [9.17, 15) is 9.18 Å².